The fourth-order valence-electron chi connectivity index (χ4n) is 5.69. The van der Waals surface area contributed by atoms with E-state index in [1.165, 1.54) is 23.3 Å². The molecular formula is C29H32FN3O. The molecule has 5 heteroatoms. The fraction of sp³-hybridized carbons (Fsp3) is 0.379. The van der Waals surface area contributed by atoms with E-state index in [-0.39, 0.29) is 29.1 Å². The summed E-state index contributed by atoms with van der Waals surface area (Å²) in [4.78, 5) is 12.6. The maximum Gasteiger partial charge on any atom is 0.223 e. The second kappa shape index (κ2) is 8.86. The van der Waals surface area contributed by atoms with Gasteiger partial charge in [0.25, 0.3) is 0 Å². The number of amides is 1. The number of hydrogen-bond donors (Lipinski definition) is 1. The highest BCUT2D eigenvalue weighted by molar-refractivity contribution is 5.78. The Morgan fingerprint density at radius 1 is 1.18 bits per heavy atom. The first-order valence-electron chi connectivity index (χ1n) is 12.2. The van der Waals surface area contributed by atoms with Crippen molar-refractivity contribution in [2.24, 2.45) is 17.3 Å². The summed E-state index contributed by atoms with van der Waals surface area (Å²) in [5, 5.41) is 7.96. The number of carbonyl (C=O) groups is 1. The number of aromatic nitrogens is 2. The molecule has 2 aliphatic rings. The van der Waals surface area contributed by atoms with Crippen LogP contribution in [0.5, 0.6) is 0 Å². The largest absolute Gasteiger partial charge is 0.349 e. The van der Waals surface area contributed by atoms with Crippen LogP contribution in [-0.2, 0) is 11.2 Å². The Morgan fingerprint density at radius 3 is 2.62 bits per heavy atom. The van der Waals surface area contributed by atoms with Crippen LogP contribution in [0.3, 0.4) is 0 Å². The van der Waals surface area contributed by atoms with Crippen LogP contribution in [0.4, 0.5) is 4.39 Å². The standard InChI is InChI=1S/C29H32FN3O/c1-19(2)28(34)32-26(20-7-5-4-6-8-20)15-22-9-10-23-16-27-21(17-29(22,23)3)18-31-33(27)25-13-11-24(30)12-14-25/h4-8,11-14,16,18-19,22,26H,9-10,15,17H2,1-3H3,(H,32,34)/t22-,26?,29-/m1/s1. The normalized spacial score (nSPS) is 22.1. The first-order chi connectivity index (χ1) is 16.3. The number of allylic oxidation sites excluding steroid dienone is 1. The predicted octanol–water partition coefficient (Wildman–Crippen LogP) is 6.27. The second-order valence-corrected chi connectivity index (χ2v) is 10.3. The van der Waals surface area contributed by atoms with E-state index in [0.717, 1.165) is 42.6 Å². The fourth-order valence-corrected chi connectivity index (χ4v) is 5.69. The lowest BCUT2D eigenvalue weighted by Crippen LogP contribution is -2.36. The third-order valence-electron chi connectivity index (χ3n) is 7.79. The molecule has 1 fully saturated rings. The minimum Gasteiger partial charge on any atom is -0.349 e. The number of rotatable bonds is 6. The molecule has 5 rings (SSSR count). The summed E-state index contributed by atoms with van der Waals surface area (Å²) < 4.78 is 15.3. The summed E-state index contributed by atoms with van der Waals surface area (Å²) in [5.74, 6) is 0.264. The topological polar surface area (TPSA) is 46.9 Å². The van der Waals surface area contributed by atoms with E-state index in [9.17, 15) is 9.18 Å². The second-order valence-electron chi connectivity index (χ2n) is 10.3. The van der Waals surface area contributed by atoms with Gasteiger partial charge in [-0.1, -0.05) is 56.7 Å². The van der Waals surface area contributed by atoms with Gasteiger partial charge in [-0.2, -0.15) is 5.10 Å². The van der Waals surface area contributed by atoms with Gasteiger partial charge in [0, 0.05) is 5.92 Å². The molecule has 0 bridgehead atoms. The van der Waals surface area contributed by atoms with Crippen LogP contribution in [0.2, 0.25) is 0 Å². The summed E-state index contributed by atoms with van der Waals surface area (Å²) in [7, 11) is 0. The molecule has 2 aliphatic carbocycles. The highest BCUT2D eigenvalue weighted by Gasteiger charge is 2.46. The van der Waals surface area contributed by atoms with Crippen molar-refractivity contribution in [1.29, 1.82) is 0 Å². The maximum atomic E-state index is 13.4. The van der Waals surface area contributed by atoms with Crippen LogP contribution in [0.15, 0.2) is 66.4 Å². The first-order valence-corrected chi connectivity index (χ1v) is 12.2. The van der Waals surface area contributed by atoms with Crippen LogP contribution in [0, 0.1) is 23.1 Å². The van der Waals surface area contributed by atoms with E-state index in [2.05, 4.69) is 35.5 Å². The Balaban J connectivity index is 1.42. The lowest BCUT2D eigenvalue weighted by Gasteiger charge is -2.38. The van der Waals surface area contributed by atoms with Crippen molar-refractivity contribution in [3.63, 3.8) is 0 Å². The van der Waals surface area contributed by atoms with Gasteiger partial charge < -0.3 is 5.32 Å². The van der Waals surface area contributed by atoms with Gasteiger partial charge in [-0.25, -0.2) is 9.07 Å². The number of fused-ring (bicyclic) bond motifs is 2. The Labute approximate surface area is 200 Å². The monoisotopic (exact) mass is 457 g/mol. The number of carbonyl (C=O) groups excluding carboxylic acids is 1. The van der Waals surface area contributed by atoms with Gasteiger partial charge in [0.1, 0.15) is 5.82 Å². The zero-order valence-electron chi connectivity index (χ0n) is 20.1. The lowest BCUT2D eigenvalue weighted by atomic mass is 9.68. The zero-order valence-corrected chi connectivity index (χ0v) is 20.1. The molecule has 3 atom stereocenters. The van der Waals surface area contributed by atoms with Gasteiger partial charge in [0.05, 0.1) is 23.6 Å². The molecule has 34 heavy (non-hydrogen) atoms. The van der Waals surface area contributed by atoms with Crippen LogP contribution in [-0.4, -0.2) is 15.7 Å². The molecule has 3 aromatic rings. The van der Waals surface area contributed by atoms with Gasteiger partial charge in [0.15, 0.2) is 0 Å². The third kappa shape index (κ3) is 4.08. The van der Waals surface area contributed by atoms with Gasteiger partial charge in [-0.15, -0.1) is 0 Å². The lowest BCUT2D eigenvalue weighted by molar-refractivity contribution is -0.124. The Morgan fingerprint density at radius 2 is 1.91 bits per heavy atom. The molecule has 1 aromatic heterocycles. The number of hydrogen-bond acceptors (Lipinski definition) is 2. The van der Waals surface area contributed by atoms with Crippen molar-refractivity contribution in [1.82, 2.24) is 15.1 Å². The molecule has 2 aromatic carbocycles. The van der Waals surface area contributed by atoms with Crippen molar-refractivity contribution in [2.75, 3.05) is 0 Å². The van der Waals surface area contributed by atoms with E-state index < -0.39 is 0 Å². The van der Waals surface area contributed by atoms with Crippen LogP contribution in [0.1, 0.15) is 62.9 Å². The summed E-state index contributed by atoms with van der Waals surface area (Å²) in [6.45, 7) is 6.26. The van der Waals surface area contributed by atoms with Gasteiger partial charge in [0.2, 0.25) is 5.91 Å². The SMILES string of the molecule is CC(C)C(=O)NC(C[C@H]1CCC2=Cc3c(cnn3-c3ccc(F)cc3)C[C@@]21C)c1ccccc1. The molecule has 4 nitrogen and oxygen atoms in total. The van der Waals surface area contributed by atoms with Crippen molar-refractivity contribution < 1.29 is 9.18 Å². The van der Waals surface area contributed by atoms with Crippen LogP contribution >= 0.6 is 0 Å². The van der Waals surface area contributed by atoms with Crippen LogP contribution in [0.25, 0.3) is 11.8 Å². The Kier molecular flexibility index (Phi) is 5.88. The quantitative estimate of drug-likeness (QED) is 0.474. The van der Waals surface area contributed by atoms with Gasteiger partial charge >= 0.3 is 0 Å². The minimum absolute atomic E-state index is 0.000565. The summed E-state index contributed by atoms with van der Waals surface area (Å²) >= 11 is 0. The zero-order chi connectivity index (χ0) is 23.9. The summed E-state index contributed by atoms with van der Waals surface area (Å²) in [5.41, 5.74) is 5.86. The smallest absolute Gasteiger partial charge is 0.223 e. The molecule has 1 heterocycles. The molecule has 176 valence electrons. The Bertz CT molecular complexity index is 1210. The molecule has 1 saturated carbocycles. The average Bonchev–Trinajstić information content (AvgIpc) is 3.37. The molecule has 1 N–H and O–H groups in total. The van der Waals surface area contributed by atoms with Gasteiger partial charge in [-0.3, -0.25) is 4.79 Å². The summed E-state index contributed by atoms with van der Waals surface area (Å²) in [6.07, 6.45) is 8.27. The molecule has 1 amide bonds. The minimum atomic E-state index is -0.244. The van der Waals surface area contributed by atoms with Crippen molar-refractivity contribution >= 4 is 12.0 Å². The van der Waals surface area contributed by atoms with E-state index in [1.807, 2.05) is 42.9 Å². The van der Waals surface area contributed by atoms with Gasteiger partial charge in [-0.05, 0) is 78.5 Å². The molecule has 0 radical (unpaired) electrons. The van der Waals surface area contributed by atoms with Crippen LogP contribution < -0.4 is 5.32 Å². The Hall–Kier alpha value is -3.21. The molecule has 1 unspecified atom stereocenters. The molecule has 0 saturated heterocycles. The van der Waals surface area contributed by atoms with E-state index in [1.54, 1.807) is 12.1 Å². The number of nitrogens with zero attached hydrogens (tertiary/aromatic N) is 2. The number of benzene rings is 2. The third-order valence-corrected chi connectivity index (χ3v) is 7.79. The van der Waals surface area contributed by atoms with E-state index in [0.29, 0.717) is 5.92 Å². The van der Waals surface area contributed by atoms with E-state index in [4.69, 9.17) is 0 Å². The maximum absolute atomic E-state index is 13.4. The predicted molar refractivity (Wildman–Crippen MR) is 133 cm³/mol. The van der Waals surface area contributed by atoms with E-state index >= 15 is 0 Å². The van der Waals surface area contributed by atoms with Crippen molar-refractivity contribution in [3.05, 3.63) is 89.0 Å². The van der Waals surface area contributed by atoms with Crippen molar-refractivity contribution in [2.45, 2.75) is 52.5 Å². The molecular weight excluding hydrogens is 425 g/mol. The summed E-state index contributed by atoms with van der Waals surface area (Å²) in [6, 6.07) is 16.8. The molecule has 0 spiro atoms. The number of nitrogens with one attached hydrogen (secondary N) is 1. The highest BCUT2D eigenvalue weighted by atomic mass is 19.1. The highest BCUT2D eigenvalue weighted by Crippen LogP contribution is 2.55. The number of halogens is 1. The molecule has 0 aliphatic heterocycles. The first kappa shape index (κ1) is 22.6. The average molecular weight is 458 g/mol. The van der Waals surface area contributed by atoms with Crippen molar-refractivity contribution in [3.8, 4) is 5.69 Å².